The third-order valence-electron chi connectivity index (χ3n) is 7.82. The molecule has 0 aromatic heterocycles. The second-order valence-corrected chi connectivity index (χ2v) is 12.6. The zero-order valence-electron chi connectivity index (χ0n) is 22.2. The molecular formula is C26H42N4O5S. The van der Waals surface area contributed by atoms with Gasteiger partial charge in [-0.25, -0.2) is 8.42 Å². The summed E-state index contributed by atoms with van der Waals surface area (Å²) in [7, 11) is 1.99. The Morgan fingerprint density at radius 1 is 1.17 bits per heavy atom. The maximum atomic E-state index is 13.1. The Labute approximate surface area is 216 Å². The monoisotopic (exact) mass is 522 g/mol. The van der Waals surface area contributed by atoms with Crippen LogP contribution in [0, 0.1) is 18.8 Å². The highest BCUT2D eigenvalue weighted by Gasteiger charge is 2.33. The van der Waals surface area contributed by atoms with Crippen molar-refractivity contribution in [3.05, 3.63) is 23.3 Å². The van der Waals surface area contributed by atoms with Gasteiger partial charge in [0.2, 0.25) is 15.9 Å². The highest BCUT2D eigenvalue weighted by molar-refractivity contribution is 7.89. The van der Waals surface area contributed by atoms with Crippen LogP contribution in [0.2, 0.25) is 0 Å². The summed E-state index contributed by atoms with van der Waals surface area (Å²) in [6.45, 7) is 9.26. The van der Waals surface area contributed by atoms with E-state index < -0.39 is 10.0 Å². The Hall–Kier alpha value is -1.72. The number of sulfonamides is 1. The molecule has 0 spiro atoms. The van der Waals surface area contributed by atoms with Crippen LogP contribution in [0.25, 0.3) is 0 Å². The fourth-order valence-corrected chi connectivity index (χ4v) is 7.63. The quantitative estimate of drug-likeness (QED) is 0.405. The Bertz CT molecular complexity index is 1030. The first kappa shape index (κ1) is 27.3. The molecule has 202 valence electrons. The number of rotatable bonds is 11. The summed E-state index contributed by atoms with van der Waals surface area (Å²) in [5, 5.41) is 0. The van der Waals surface area contributed by atoms with Crippen LogP contribution in [0.4, 0.5) is 0 Å². The number of amides is 1. The molecule has 0 saturated carbocycles. The van der Waals surface area contributed by atoms with Gasteiger partial charge >= 0.3 is 0 Å². The fourth-order valence-electron chi connectivity index (χ4n) is 5.77. The highest BCUT2D eigenvalue weighted by atomic mass is 32.2. The summed E-state index contributed by atoms with van der Waals surface area (Å²) in [6.07, 6.45) is 2.85. The van der Waals surface area contributed by atoms with E-state index in [2.05, 4.69) is 16.8 Å². The second-order valence-electron chi connectivity index (χ2n) is 10.7. The molecule has 0 aliphatic carbocycles. The zero-order chi connectivity index (χ0) is 25.9. The van der Waals surface area contributed by atoms with Gasteiger partial charge in [-0.2, -0.15) is 4.31 Å². The van der Waals surface area contributed by atoms with Crippen molar-refractivity contribution in [2.24, 2.45) is 11.8 Å². The molecule has 1 aromatic rings. The van der Waals surface area contributed by atoms with Crippen LogP contribution in [0.15, 0.2) is 17.0 Å². The van der Waals surface area contributed by atoms with Crippen molar-refractivity contribution in [2.75, 3.05) is 86.8 Å². The molecule has 9 nitrogen and oxygen atoms in total. The van der Waals surface area contributed by atoms with E-state index in [9.17, 15) is 13.2 Å². The summed E-state index contributed by atoms with van der Waals surface area (Å²) >= 11 is 0. The van der Waals surface area contributed by atoms with Crippen molar-refractivity contribution in [1.29, 1.82) is 0 Å². The summed E-state index contributed by atoms with van der Waals surface area (Å²) in [5.74, 6) is 2.08. The third-order valence-corrected chi connectivity index (χ3v) is 9.97. The van der Waals surface area contributed by atoms with Crippen molar-refractivity contribution < 1.29 is 22.7 Å². The van der Waals surface area contributed by atoms with E-state index in [-0.39, 0.29) is 25.7 Å². The standard InChI is InChI=1S/C26H42N4O5S/c1-20-13-24(34-4)14-23-7-10-30(36(32,33)26(20)23)11-12-35-19-25(31)28(3)8-5-21-6-9-29(17-21)18-22-15-27(2)16-22/h13-14,21-22H,5-12,15-19H2,1-4H3. The molecular weight excluding hydrogens is 480 g/mol. The number of hydrogen-bond donors (Lipinski definition) is 0. The number of aryl methyl sites for hydroxylation is 1. The zero-order valence-corrected chi connectivity index (χ0v) is 23.1. The van der Waals surface area contributed by atoms with Crippen LogP contribution >= 0.6 is 0 Å². The van der Waals surface area contributed by atoms with E-state index in [1.54, 1.807) is 31.1 Å². The molecule has 0 N–H and O–H groups in total. The van der Waals surface area contributed by atoms with E-state index in [0.717, 1.165) is 31.0 Å². The molecule has 2 fully saturated rings. The van der Waals surface area contributed by atoms with Crippen LogP contribution in [0.3, 0.4) is 0 Å². The Morgan fingerprint density at radius 3 is 2.67 bits per heavy atom. The number of carbonyl (C=O) groups is 1. The van der Waals surface area contributed by atoms with Gasteiger partial charge in [-0.3, -0.25) is 4.79 Å². The largest absolute Gasteiger partial charge is 0.497 e. The number of carbonyl (C=O) groups excluding carboxylic acids is 1. The predicted molar refractivity (Wildman–Crippen MR) is 139 cm³/mol. The van der Waals surface area contributed by atoms with Crippen LogP contribution in [0.1, 0.15) is 24.0 Å². The van der Waals surface area contributed by atoms with Crippen molar-refractivity contribution in [1.82, 2.24) is 19.0 Å². The molecule has 36 heavy (non-hydrogen) atoms. The van der Waals surface area contributed by atoms with Crippen molar-refractivity contribution in [3.63, 3.8) is 0 Å². The summed E-state index contributed by atoms with van der Waals surface area (Å²) in [5.41, 5.74) is 1.48. The maximum absolute atomic E-state index is 13.1. The number of benzene rings is 1. The molecule has 1 unspecified atom stereocenters. The Morgan fingerprint density at radius 2 is 1.94 bits per heavy atom. The Kier molecular flexibility index (Phi) is 8.93. The van der Waals surface area contributed by atoms with Gasteiger partial charge in [-0.05, 0) is 74.9 Å². The van der Waals surface area contributed by atoms with Crippen LogP contribution in [-0.2, 0) is 26.0 Å². The second kappa shape index (κ2) is 11.8. The average molecular weight is 523 g/mol. The summed E-state index contributed by atoms with van der Waals surface area (Å²) < 4.78 is 38.6. The van der Waals surface area contributed by atoms with Gasteiger partial charge in [0, 0.05) is 52.9 Å². The lowest BCUT2D eigenvalue weighted by atomic mass is 10.0. The molecule has 1 amide bonds. The first-order valence-corrected chi connectivity index (χ1v) is 14.5. The van der Waals surface area contributed by atoms with Gasteiger partial charge in [0.1, 0.15) is 12.4 Å². The first-order chi connectivity index (χ1) is 17.2. The summed E-state index contributed by atoms with van der Waals surface area (Å²) in [6, 6.07) is 3.56. The van der Waals surface area contributed by atoms with Gasteiger partial charge in [0.05, 0.1) is 18.6 Å². The first-order valence-electron chi connectivity index (χ1n) is 13.1. The number of likely N-dealkylation sites (N-methyl/N-ethyl adjacent to an activating group) is 1. The van der Waals surface area contributed by atoms with Gasteiger partial charge in [0.25, 0.3) is 0 Å². The molecule has 4 rings (SSSR count). The van der Waals surface area contributed by atoms with Crippen molar-refractivity contribution >= 4 is 15.9 Å². The van der Waals surface area contributed by atoms with Crippen LogP contribution < -0.4 is 4.74 Å². The van der Waals surface area contributed by atoms with E-state index in [0.29, 0.717) is 35.1 Å². The molecule has 3 aliphatic heterocycles. The SMILES string of the molecule is COc1cc(C)c2c(c1)CCN(CCOCC(=O)N(C)CCC1CCN(CC3CN(C)C3)C1)S2(=O)=O. The van der Waals surface area contributed by atoms with Crippen molar-refractivity contribution in [2.45, 2.75) is 31.1 Å². The maximum Gasteiger partial charge on any atom is 0.248 e. The normalized spacial score (nSPS) is 22.8. The minimum Gasteiger partial charge on any atom is -0.497 e. The number of nitrogens with zero attached hydrogens (tertiary/aromatic N) is 4. The topological polar surface area (TPSA) is 82.6 Å². The van der Waals surface area contributed by atoms with Crippen molar-refractivity contribution in [3.8, 4) is 5.75 Å². The lowest BCUT2D eigenvalue weighted by molar-refractivity contribution is -0.135. The number of fused-ring (bicyclic) bond motifs is 1. The van der Waals surface area contributed by atoms with E-state index >= 15 is 0 Å². The van der Waals surface area contributed by atoms with Gasteiger partial charge in [-0.15, -0.1) is 0 Å². The van der Waals surface area contributed by atoms with Gasteiger partial charge in [0.15, 0.2) is 0 Å². The molecule has 10 heteroatoms. The molecule has 3 aliphatic rings. The smallest absolute Gasteiger partial charge is 0.248 e. The number of hydrogen-bond acceptors (Lipinski definition) is 7. The third kappa shape index (κ3) is 6.39. The van der Waals surface area contributed by atoms with Gasteiger partial charge < -0.3 is 24.2 Å². The van der Waals surface area contributed by atoms with E-state index in [4.69, 9.17) is 9.47 Å². The molecule has 0 bridgehead atoms. The molecule has 3 heterocycles. The number of likely N-dealkylation sites (tertiary alicyclic amines) is 2. The average Bonchev–Trinajstić information content (AvgIpc) is 3.27. The minimum atomic E-state index is -3.59. The Balaban J connectivity index is 1.15. The lowest BCUT2D eigenvalue weighted by Crippen LogP contribution is -2.48. The molecule has 2 saturated heterocycles. The number of ether oxygens (including phenoxy) is 2. The molecule has 1 atom stereocenters. The highest BCUT2D eigenvalue weighted by Crippen LogP contribution is 2.32. The van der Waals surface area contributed by atoms with Crippen LogP contribution in [-0.4, -0.2) is 120 Å². The van der Waals surface area contributed by atoms with Gasteiger partial charge in [-0.1, -0.05) is 0 Å². The lowest BCUT2D eigenvalue weighted by Gasteiger charge is -2.38. The van der Waals surface area contributed by atoms with Crippen LogP contribution in [0.5, 0.6) is 5.75 Å². The predicted octanol–water partition coefficient (Wildman–Crippen LogP) is 1.30. The molecule has 0 radical (unpaired) electrons. The molecule has 1 aromatic carbocycles. The summed E-state index contributed by atoms with van der Waals surface area (Å²) in [4.78, 5) is 19.6. The van der Waals surface area contributed by atoms with E-state index in [1.165, 1.54) is 36.9 Å². The minimum absolute atomic E-state index is 0.0246. The van der Waals surface area contributed by atoms with E-state index in [1.807, 2.05) is 7.05 Å². The fraction of sp³-hybridized carbons (Fsp3) is 0.731. The number of methoxy groups -OCH3 is 1.